The number of nitrogen functional groups attached to an aromatic ring is 1. The summed E-state index contributed by atoms with van der Waals surface area (Å²) in [5.74, 6) is 0.937. The summed E-state index contributed by atoms with van der Waals surface area (Å²) < 4.78 is 5.71. The van der Waals surface area contributed by atoms with Gasteiger partial charge in [-0.25, -0.2) is 0 Å². The zero-order valence-corrected chi connectivity index (χ0v) is 12.1. The first-order valence-electron chi connectivity index (χ1n) is 7.62. The molecule has 0 aliphatic carbocycles. The van der Waals surface area contributed by atoms with Crippen molar-refractivity contribution in [2.24, 2.45) is 0 Å². The van der Waals surface area contributed by atoms with E-state index in [2.05, 4.69) is 4.90 Å². The van der Waals surface area contributed by atoms with E-state index in [9.17, 15) is 5.11 Å². The van der Waals surface area contributed by atoms with Crippen LogP contribution in [0.2, 0.25) is 0 Å². The summed E-state index contributed by atoms with van der Waals surface area (Å²) in [5.41, 5.74) is 7.87. The van der Waals surface area contributed by atoms with Crippen LogP contribution in [0.4, 0.5) is 5.69 Å². The second-order valence-electron chi connectivity index (χ2n) is 5.98. The Labute approximate surface area is 120 Å². The van der Waals surface area contributed by atoms with Crippen LogP contribution >= 0.6 is 0 Å². The number of piperidine rings is 1. The first-order chi connectivity index (χ1) is 9.67. The number of rotatable bonds is 4. The molecule has 0 amide bonds. The minimum absolute atomic E-state index is 0.115. The number of hydrogen-bond donors (Lipinski definition) is 2. The van der Waals surface area contributed by atoms with Gasteiger partial charge in [-0.15, -0.1) is 0 Å². The highest BCUT2D eigenvalue weighted by Gasteiger charge is 2.40. The molecule has 0 saturated carbocycles. The number of fused-ring (bicyclic) bond motifs is 2. The molecule has 2 atom stereocenters. The zero-order valence-electron chi connectivity index (χ0n) is 12.1. The molecule has 0 spiro atoms. The molecule has 2 aliphatic heterocycles. The molecule has 0 radical (unpaired) electrons. The maximum atomic E-state index is 9.89. The van der Waals surface area contributed by atoms with Crippen LogP contribution < -0.4 is 10.5 Å². The van der Waals surface area contributed by atoms with Gasteiger partial charge in [0, 0.05) is 29.9 Å². The predicted octanol–water partition coefficient (Wildman–Crippen LogP) is 2.16. The van der Waals surface area contributed by atoms with Crippen molar-refractivity contribution in [3.05, 3.63) is 23.8 Å². The Hall–Kier alpha value is -1.26. The van der Waals surface area contributed by atoms with E-state index in [1.165, 1.54) is 18.4 Å². The lowest BCUT2D eigenvalue weighted by atomic mass is 9.99. The van der Waals surface area contributed by atoms with Crippen molar-refractivity contribution in [1.82, 2.24) is 4.90 Å². The first kappa shape index (κ1) is 13.7. The first-order valence-corrected chi connectivity index (χ1v) is 7.62. The molecule has 4 heteroatoms. The number of benzene rings is 1. The van der Waals surface area contributed by atoms with Crippen molar-refractivity contribution in [1.29, 1.82) is 0 Å². The Morgan fingerprint density at radius 2 is 2.00 bits per heavy atom. The molecule has 3 rings (SSSR count). The second kappa shape index (κ2) is 5.62. The molecule has 2 fully saturated rings. The Morgan fingerprint density at radius 1 is 1.30 bits per heavy atom. The molecule has 1 aromatic carbocycles. The normalized spacial score (nSPS) is 29.6. The van der Waals surface area contributed by atoms with E-state index in [4.69, 9.17) is 10.5 Å². The zero-order chi connectivity index (χ0) is 14.1. The lowest BCUT2D eigenvalue weighted by molar-refractivity contribution is 0.0306. The van der Waals surface area contributed by atoms with Crippen molar-refractivity contribution >= 4 is 5.69 Å². The van der Waals surface area contributed by atoms with Crippen molar-refractivity contribution in [3.8, 4) is 5.75 Å². The molecule has 3 N–H and O–H groups in total. The van der Waals surface area contributed by atoms with Crippen molar-refractivity contribution < 1.29 is 9.84 Å². The Bertz CT molecular complexity index is 464. The van der Waals surface area contributed by atoms with E-state index in [1.807, 2.05) is 25.1 Å². The van der Waals surface area contributed by atoms with E-state index in [0.717, 1.165) is 30.8 Å². The number of ether oxygens (including phenoxy) is 1. The van der Waals surface area contributed by atoms with Crippen molar-refractivity contribution in [2.45, 2.75) is 57.3 Å². The highest BCUT2D eigenvalue weighted by Crippen LogP contribution is 2.38. The third kappa shape index (κ3) is 2.63. The summed E-state index contributed by atoms with van der Waals surface area (Å²) in [6.07, 6.45) is 4.10. The molecule has 20 heavy (non-hydrogen) atoms. The van der Waals surface area contributed by atoms with E-state index >= 15 is 0 Å². The van der Waals surface area contributed by atoms with Crippen LogP contribution in [-0.2, 0) is 6.54 Å². The molecule has 1 aromatic rings. The Kier molecular flexibility index (Phi) is 3.85. The average Bonchev–Trinajstić information content (AvgIpc) is 2.65. The van der Waals surface area contributed by atoms with Gasteiger partial charge in [0.05, 0.1) is 12.7 Å². The summed E-state index contributed by atoms with van der Waals surface area (Å²) in [7, 11) is 0. The van der Waals surface area contributed by atoms with Gasteiger partial charge in [-0.2, -0.15) is 0 Å². The summed E-state index contributed by atoms with van der Waals surface area (Å²) in [4.78, 5) is 2.53. The lowest BCUT2D eigenvalue weighted by Crippen LogP contribution is -2.44. The van der Waals surface area contributed by atoms with Crippen molar-refractivity contribution in [2.75, 3.05) is 12.3 Å². The topological polar surface area (TPSA) is 58.7 Å². The van der Waals surface area contributed by atoms with Crippen LogP contribution in [0, 0.1) is 0 Å². The molecule has 2 heterocycles. The summed E-state index contributed by atoms with van der Waals surface area (Å²) >= 11 is 0. The largest absolute Gasteiger partial charge is 0.494 e. The monoisotopic (exact) mass is 276 g/mol. The molecule has 4 nitrogen and oxygen atoms in total. The van der Waals surface area contributed by atoms with Gasteiger partial charge in [-0.3, -0.25) is 4.90 Å². The Balaban J connectivity index is 1.79. The predicted molar refractivity (Wildman–Crippen MR) is 79.6 cm³/mol. The lowest BCUT2D eigenvalue weighted by Gasteiger charge is -2.37. The molecular weight excluding hydrogens is 252 g/mol. The van der Waals surface area contributed by atoms with Gasteiger partial charge in [0.1, 0.15) is 5.75 Å². The molecule has 2 aliphatic rings. The molecule has 110 valence electrons. The fourth-order valence-electron chi connectivity index (χ4n) is 3.72. The number of aliphatic hydroxyl groups is 1. The standard InChI is InChI=1S/C16H24N2O2/c1-2-20-16-6-3-12(17)7-11(16)10-18-13-4-5-14(18)9-15(19)8-13/h3,6-7,13-15,19H,2,4-5,8-10,17H2,1H3. The summed E-state index contributed by atoms with van der Waals surface area (Å²) in [6, 6.07) is 6.91. The highest BCUT2D eigenvalue weighted by atomic mass is 16.5. The third-order valence-corrected chi connectivity index (χ3v) is 4.60. The van der Waals surface area contributed by atoms with Gasteiger partial charge < -0.3 is 15.6 Å². The molecular formula is C16H24N2O2. The number of anilines is 1. The van der Waals surface area contributed by atoms with E-state index in [-0.39, 0.29) is 6.10 Å². The Morgan fingerprint density at radius 3 is 2.65 bits per heavy atom. The number of nitrogens with two attached hydrogens (primary N) is 1. The van der Waals surface area contributed by atoms with Crippen LogP contribution in [-0.4, -0.2) is 34.8 Å². The van der Waals surface area contributed by atoms with Crippen LogP contribution in [0.3, 0.4) is 0 Å². The van der Waals surface area contributed by atoms with Crippen molar-refractivity contribution in [3.63, 3.8) is 0 Å². The highest BCUT2D eigenvalue weighted by molar-refractivity contribution is 5.48. The number of hydrogen-bond acceptors (Lipinski definition) is 4. The average molecular weight is 276 g/mol. The fraction of sp³-hybridized carbons (Fsp3) is 0.625. The summed E-state index contributed by atoms with van der Waals surface area (Å²) in [6.45, 7) is 3.55. The number of aliphatic hydroxyl groups excluding tert-OH is 1. The van der Waals surface area contributed by atoms with Crippen LogP contribution in [0.5, 0.6) is 5.75 Å². The molecule has 2 saturated heterocycles. The molecule has 2 unspecified atom stereocenters. The third-order valence-electron chi connectivity index (χ3n) is 4.60. The minimum Gasteiger partial charge on any atom is -0.494 e. The van der Waals surface area contributed by atoms with Crippen LogP contribution in [0.1, 0.15) is 38.2 Å². The van der Waals surface area contributed by atoms with Gasteiger partial charge in [0.25, 0.3) is 0 Å². The molecule has 2 bridgehead atoms. The fourth-order valence-corrected chi connectivity index (χ4v) is 3.72. The SMILES string of the molecule is CCOc1ccc(N)cc1CN1C2CCC1CC(O)C2. The van der Waals surface area contributed by atoms with E-state index in [1.54, 1.807) is 0 Å². The second-order valence-corrected chi connectivity index (χ2v) is 5.98. The van der Waals surface area contributed by atoms with Gasteiger partial charge in [-0.1, -0.05) is 0 Å². The summed E-state index contributed by atoms with van der Waals surface area (Å²) in [5, 5.41) is 9.89. The van der Waals surface area contributed by atoms with Gasteiger partial charge in [0.2, 0.25) is 0 Å². The van der Waals surface area contributed by atoms with E-state index in [0.29, 0.717) is 18.7 Å². The quantitative estimate of drug-likeness (QED) is 0.827. The van der Waals surface area contributed by atoms with Crippen LogP contribution in [0.15, 0.2) is 18.2 Å². The van der Waals surface area contributed by atoms with Gasteiger partial charge >= 0.3 is 0 Å². The molecule has 0 aromatic heterocycles. The minimum atomic E-state index is -0.115. The smallest absolute Gasteiger partial charge is 0.123 e. The van der Waals surface area contributed by atoms with Crippen LogP contribution in [0.25, 0.3) is 0 Å². The maximum absolute atomic E-state index is 9.89. The maximum Gasteiger partial charge on any atom is 0.123 e. The number of nitrogens with zero attached hydrogens (tertiary/aromatic N) is 1. The van der Waals surface area contributed by atoms with Gasteiger partial charge in [-0.05, 0) is 50.8 Å². The van der Waals surface area contributed by atoms with Gasteiger partial charge in [0.15, 0.2) is 0 Å². The van der Waals surface area contributed by atoms with E-state index < -0.39 is 0 Å².